The van der Waals surface area contributed by atoms with Gasteiger partial charge in [-0.2, -0.15) is 0 Å². The van der Waals surface area contributed by atoms with E-state index in [0.29, 0.717) is 6.54 Å². The standard InChI is InChI=1S/C18H22N6O/c1-19-18(21-13-14-6-8-15(25-2)9-7-14)20-11-10-17-23-22-16-5-3-4-12-24(16)17/h3-9,12H,10-11,13H2,1-2H3,(H2,19,20,21). The monoisotopic (exact) mass is 338 g/mol. The Kier molecular flexibility index (Phi) is 5.46. The highest BCUT2D eigenvalue weighted by atomic mass is 16.5. The topological polar surface area (TPSA) is 75.8 Å². The van der Waals surface area contributed by atoms with E-state index in [0.717, 1.165) is 41.7 Å². The van der Waals surface area contributed by atoms with Crippen molar-refractivity contribution >= 4 is 11.6 Å². The quantitative estimate of drug-likeness (QED) is 0.528. The Morgan fingerprint density at radius 3 is 2.72 bits per heavy atom. The molecule has 1 aromatic carbocycles. The minimum absolute atomic E-state index is 0.692. The zero-order valence-corrected chi connectivity index (χ0v) is 14.4. The minimum atomic E-state index is 0.692. The van der Waals surface area contributed by atoms with Crippen molar-refractivity contribution in [2.75, 3.05) is 20.7 Å². The Morgan fingerprint density at radius 2 is 1.96 bits per heavy atom. The van der Waals surface area contributed by atoms with Gasteiger partial charge in [0.25, 0.3) is 0 Å². The lowest BCUT2D eigenvalue weighted by atomic mass is 10.2. The predicted octanol–water partition coefficient (Wildman–Crippen LogP) is 1.65. The number of hydrogen-bond acceptors (Lipinski definition) is 4. The van der Waals surface area contributed by atoms with Crippen LogP contribution in [-0.4, -0.2) is 41.3 Å². The number of aromatic nitrogens is 3. The number of nitrogens with zero attached hydrogens (tertiary/aromatic N) is 4. The lowest BCUT2D eigenvalue weighted by Crippen LogP contribution is -2.38. The second-order valence-electron chi connectivity index (χ2n) is 5.50. The van der Waals surface area contributed by atoms with Crippen LogP contribution < -0.4 is 15.4 Å². The van der Waals surface area contributed by atoms with Crippen LogP contribution in [0.15, 0.2) is 53.7 Å². The summed E-state index contributed by atoms with van der Waals surface area (Å²) >= 11 is 0. The van der Waals surface area contributed by atoms with Crippen molar-refractivity contribution in [3.8, 4) is 5.75 Å². The molecule has 3 rings (SSSR count). The van der Waals surface area contributed by atoms with Gasteiger partial charge in [-0.25, -0.2) is 0 Å². The predicted molar refractivity (Wildman–Crippen MR) is 97.9 cm³/mol. The van der Waals surface area contributed by atoms with Crippen LogP contribution in [0, 0.1) is 0 Å². The number of fused-ring (bicyclic) bond motifs is 1. The van der Waals surface area contributed by atoms with Crippen molar-refractivity contribution in [3.05, 3.63) is 60.0 Å². The average molecular weight is 338 g/mol. The highest BCUT2D eigenvalue weighted by Gasteiger charge is 2.05. The molecule has 0 amide bonds. The van der Waals surface area contributed by atoms with Crippen molar-refractivity contribution in [3.63, 3.8) is 0 Å². The van der Waals surface area contributed by atoms with E-state index in [2.05, 4.69) is 25.8 Å². The van der Waals surface area contributed by atoms with Crippen LogP contribution in [0.2, 0.25) is 0 Å². The fourth-order valence-electron chi connectivity index (χ4n) is 2.50. The Labute approximate surface area is 146 Å². The largest absolute Gasteiger partial charge is 0.497 e. The van der Waals surface area contributed by atoms with E-state index >= 15 is 0 Å². The van der Waals surface area contributed by atoms with Gasteiger partial charge in [-0.1, -0.05) is 18.2 Å². The van der Waals surface area contributed by atoms with Crippen LogP contribution in [0.3, 0.4) is 0 Å². The van der Waals surface area contributed by atoms with Crippen LogP contribution in [0.25, 0.3) is 5.65 Å². The Morgan fingerprint density at radius 1 is 1.12 bits per heavy atom. The number of ether oxygens (including phenoxy) is 1. The summed E-state index contributed by atoms with van der Waals surface area (Å²) in [6.45, 7) is 1.41. The summed E-state index contributed by atoms with van der Waals surface area (Å²) in [6, 6.07) is 13.8. The fourth-order valence-corrected chi connectivity index (χ4v) is 2.50. The highest BCUT2D eigenvalue weighted by Crippen LogP contribution is 2.10. The zero-order chi connectivity index (χ0) is 17.5. The first kappa shape index (κ1) is 16.8. The second kappa shape index (κ2) is 8.14. The number of benzene rings is 1. The Hall–Kier alpha value is -3.09. The molecule has 0 radical (unpaired) electrons. The number of guanidine groups is 1. The molecule has 7 heteroatoms. The highest BCUT2D eigenvalue weighted by molar-refractivity contribution is 5.79. The number of hydrogen-bond donors (Lipinski definition) is 2. The third-order valence-corrected chi connectivity index (χ3v) is 3.87. The number of pyridine rings is 1. The summed E-state index contributed by atoms with van der Waals surface area (Å²) in [5.41, 5.74) is 2.02. The first-order chi connectivity index (χ1) is 12.3. The van der Waals surface area contributed by atoms with E-state index in [-0.39, 0.29) is 0 Å². The SMILES string of the molecule is CN=C(NCCc1nnc2ccccn12)NCc1ccc(OC)cc1. The summed E-state index contributed by atoms with van der Waals surface area (Å²) in [7, 11) is 3.42. The van der Waals surface area contributed by atoms with Crippen molar-refractivity contribution in [1.82, 2.24) is 25.2 Å². The Bertz CT molecular complexity index is 840. The molecule has 2 aromatic heterocycles. The molecule has 0 aliphatic rings. The lowest BCUT2D eigenvalue weighted by Gasteiger charge is -2.12. The molecule has 7 nitrogen and oxygen atoms in total. The molecule has 3 aromatic rings. The van der Waals surface area contributed by atoms with Gasteiger partial charge in [-0.05, 0) is 29.8 Å². The second-order valence-corrected chi connectivity index (χ2v) is 5.50. The van der Waals surface area contributed by atoms with Crippen molar-refractivity contribution in [2.45, 2.75) is 13.0 Å². The van der Waals surface area contributed by atoms with E-state index < -0.39 is 0 Å². The minimum Gasteiger partial charge on any atom is -0.497 e. The number of rotatable bonds is 6. The van der Waals surface area contributed by atoms with E-state index in [4.69, 9.17) is 4.74 Å². The van der Waals surface area contributed by atoms with Gasteiger partial charge >= 0.3 is 0 Å². The van der Waals surface area contributed by atoms with Gasteiger partial charge in [-0.3, -0.25) is 9.39 Å². The molecule has 0 aliphatic carbocycles. The summed E-state index contributed by atoms with van der Waals surface area (Å²) < 4.78 is 7.16. The lowest BCUT2D eigenvalue weighted by molar-refractivity contribution is 0.414. The summed E-state index contributed by atoms with van der Waals surface area (Å²) in [5, 5.41) is 15.0. The van der Waals surface area contributed by atoms with Crippen LogP contribution in [0.4, 0.5) is 0 Å². The van der Waals surface area contributed by atoms with Crippen molar-refractivity contribution < 1.29 is 4.74 Å². The maximum Gasteiger partial charge on any atom is 0.191 e. The third-order valence-electron chi connectivity index (χ3n) is 3.87. The van der Waals surface area contributed by atoms with E-state index in [1.165, 1.54) is 0 Å². The van der Waals surface area contributed by atoms with Gasteiger partial charge in [0, 0.05) is 32.8 Å². The van der Waals surface area contributed by atoms with E-state index in [9.17, 15) is 0 Å². The molecule has 0 fully saturated rings. The summed E-state index contributed by atoms with van der Waals surface area (Å²) in [6.07, 6.45) is 2.73. The molecule has 0 atom stereocenters. The first-order valence-electron chi connectivity index (χ1n) is 8.16. The van der Waals surface area contributed by atoms with Gasteiger partial charge in [0.1, 0.15) is 11.6 Å². The van der Waals surface area contributed by atoms with Crippen molar-refractivity contribution in [2.24, 2.45) is 4.99 Å². The van der Waals surface area contributed by atoms with Crippen molar-refractivity contribution in [1.29, 1.82) is 0 Å². The molecular formula is C18H22N6O. The van der Waals surface area contributed by atoms with Gasteiger partial charge in [-0.15, -0.1) is 10.2 Å². The Balaban J connectivity index is 1.49. The van der Waals surface area contributed by atoms with Gasteiger partial charge in [0.15, 0.2) is 11.6 Å². The zero-order valence-electron chi connectivity index (χ0n) is 14.4. The average Bonchev–Trinajstić information content (AvgIpc) is 3.08. The molecule has 0 saturated heterocycles. The molecule has 0 spiro atoms. The molecule has 2 N–H and O–H groups in total. The van der Waals surface area contributed by atoms with Crippen LogP contribution in [0.1, 0.15) is 11.4 Å². The van der Waals surface area contributed by atoms with Gasteiger partial charge < -0.3 is 15.4 Å². The normalized spacial score (nSPS) is 11.5. The molecule has 130 valence electrons. The van der Waals surface area contributed by atoms with Crippen LogP contribution in [0.5, 0.6) is 5.75 Å². The third kappa shape index (κ3) is 4.26. The number of nitrogens with one attached hydrogen (secondary N) is 2. The molecular weight excluding hydrogens is 316 g/mol. The molecule has 2 heterocycles. The smallest absolute Gasteiger partial charge is 0.191 e. The first-order valence-corrected chi connectivity index (χ1v) is 8.16. The van der Waals surface area contributed by atoms with Gasteiger partial charge in [0.2, 0.25) is 0 Å². The molecule has 0 bridgehead atoms. The molecule has 0 aliphatic heterocycles. The maximum atomic E-state index is 5.17. The number of methoxy groups -OCH3 is 1. The van der Waals surface area contributed by atoms with E-state index in [1.807, 2.05) is 53.1 Å². The summed E-state index contributed by atoms with van der Waals surface area (Å²) in [5.74, 6) is 2.53. The number of aliphatic imine (C=N–C) groups is 1. The van der Waals surface area contributed by atoms with Crippen LogP contribution in [-0.2, 0) is 13.0 Å². The molecule has 25 heavy (non-hydrogen) atoms. The summed E-state index contributed by atoms with van der Waals surface area (Å²) in [4.78, 5) is 4.24. The molecule has 0 unspecified atom stereocenters. The van der Waals surface area contributed by atoms with Gasteiger partial charge in [0.05, 0.1) is 7.11 Å². The maximum absolute atomic E-state index is 5.17. The van der Waals surface area contributed by atoms with E-state index in [1.54, 1.807) is 14.2 Å². The van der Waals surface area contributed by atoms with Crippen LogP contribution >= 0.6 is 0 Å². The fraction of sp³-hybridized carbons (Fsp3) is 0.278. The molecule has 0 saturated carbocycles.